The molecule has 128 valence electrons. The lowest BCUT2D eigenvalue weighted by Crippen LogP contribution is -2.48. The van der Waals surface area contributed by atoms with E-state index in [1.54, 1.807) is 18.2 Å². The number of benzene rings is 2. The minimum atomic E-state index is -3.75. The van der Waals surface area contributed by atoms with Crippen molar-refractivity contribution in [3.8, 4) is 0 Å². The van der Waals surface area contributed by atoms with E-state index in [2.05, 4.69) is 0 Å². The summed E-state index contributed by atoms with van der Waals surface area (Å²) in [4.78, 5) is 1.96. The third kappa shape index (κ3) is 3.37. The number of hydrogen-bond acceptors (Lipinski definition) is 3. The van der Waals surface area contributed by atoms with Gasteiger partial charge in [-0.1, -0.05) is 29.3 Å². The number of halogens is 3. The molecule has 0 aromatic heterocycles. The number of piperazine rings is 1. The molecule has 0 aliphatic carbocycles. The topological polar surface area (TPSA) is 40.6 Å². The van der Waals surface area contributed by atoms with Crippen LogP contribution in [0.15, 0.2) is 47.4 Å². The zero-order chi connectivity index (χ0) is 17.3. The number of hydrogen-bond donors (Lipinski definition) is 0. The Morgan fingerprint density at radius 2 is 1.42 bits per heavy atom. The predicted octanol–water partition coefficient (Wildman–Crippen LogP) is 3.64. The monoisotopic (exact) mass is 388 g/mol. The van der Waals surface area contributed by atoms with Crippen LogP contribution in [0.1, 0.15) is 0 Å². The summed E-state index contributed by atoms with van der Waals surface area (Å²) in [5.41, 5.74) is 0.865. The second kappa shape index (κ2) is 6.88. The van der Waals surface area contributed by atoms with E-state index in [0.717, 1.165) is 5.69 Å². The summed E-state index contributed by atoms with van der Waals surface area (Å²) in [6, 6.07) is 10.8. The molecular formula is C16H15Cl2FN2O2S. The van der Waals surface area contributed by atoms with Crippen molar-refractivity contribution in [1.29, 1.82) is 0 Å². The highest BCUT2D eigenvalue weighted by Gasteiger charge is 2.31. The summed E-state index contributed by atoms with van der Waals surface area (Å²) in [6.45, 7) is 1.63. The van der Waals surface area contributed by atoms with Gasteiger partial charge < -0.3 is 4.90 Å². The summed E-state index contributed by atoms with van der Waals surface area (Å²) < 4.78 is 40.0. The Kier molecular flexibility index (Phi) is 5.01. The zero-order valence-electron chi connectivity index (χ0n) is 12.6. The highest BCUT2D eigenvalue weighted by Crippen LogP contribution is 2.32. The molecule has 24 heavy (non-hydrogen) atoms. The van der Waals surface area contributed by atoms with E-state index in [9.17, 15) is 12.8 Å². The van der Waals surface area contributed by atoms with Crippen LogP contribution >= 0.6 is 23.2 Å². The molecule has 3 rings (SSSR count). The lowest BCUT2D eigenvalue weighted by atomic mass is 10.2. The van der Waals surface area contributed by atoms with Gasteiger partial charge in [-0.25, -0.2) is 12.8 Å². The van der Waals surface area contributed by atoms with Crippen LogP contribution in [0.4, 0.5) is 10.1 Å². The molecule has 0 saturated carbocycles. The summed E-state index contributed by atoms with van der Waals surface area (Å²) in [6.07, 6.45) is 0. The Labute approximate surface area is 150 Å². The fourth-order valence-corrected chi connectivity index (χ4v) is 5.21. The molecule has 8 heteroatoms. The fraction of sp³-hybridized carbons (Fsp3) is 0.250. The minimum absolute atomic E-state index is 0.0523. The van der Waals surface area contributed by atoms with Gasteiger partial charge in [-0.3, -0.25) is 0 Å². The van der Waals surface area contributed by atoms with Crippen molar-refractivity contribution in [3.05, 3.63) is 58.3 Å². The van der Waals surface area contributed by atoms with Crippen LogP contribution in [0.2, 0.25) is 10.0 Å². The minimum Gasteiger partial charge on any atom is -0.369 e. The van der Waals surface area contributed by atoms with Crippen molar-refractivity contribution < 1.29 is 12.8 Å². The van der Waals surface area contributed by atoms with Crippen LogP contribution < -0.4 is 4.90 Å². The van der Waals surface area contributed by atoms with E-state index in [4.69, 9.17) is 23.2 Å². The second-order valence-electron chi connectivity index (χ2n) is 5.42. The third-order valence-corrected chi connectivity index (χ3v) is 6.80. The van der Waals surface area contributed by atoms with Crippen molar-refractivity contribution in [2.24, 2.45) is 0 Å². The Morgan fingerprint density at radius 1 is 0.875 bits per heavy atom. The van der Waals surface area contributed by atoms with Crippen molar-refractivity contribution in [1.82, 2.24) is 4.31 Å². The SMILES string of the molecule is O=S(=O)(c1c(Cl)cccc1Cl)N1CCN(c2ccc(F)cc2)CC1. The lowest BCUT2D eigenvalue weighted by molar-refractivity contribution is 0.385. The van der Waals surface area contributed by atoms with Crippen LogP contribution in [-0.4, -0.2) is 38.9 Å². The fourth-order valence-electron chi connectivity index (χ4n) is 2.70. The maximum absolute atomic E-state index is 13.0. The molecule has 4 nitrogen and oxygen atoms in total. The van der Waals surface area contributed by atoms with E-state index in [1.165, 1.54) is 28.6 Å². The van der Waals surface area contributed by atoms with Gasteiger partial charge in [0.1, 0.15) is 10.7 Å². The molecule has 0 amide bonds. The van der Waals surface area contributed by atoms with Gasteiger partial charge in [0.2, 0.25) is 10.0 Å². The first-order valence-electron chi connectivity index (χ1n) is 7.34. The molecule has 1 fully saturated rings. The molecule has 2 aromatic rings. The summed E-state index contributed by atoms with van der Waals surface area (Å²) in [5.74, 6) is -0.298. The van der Waals surface area contributed by atoms with Gasteiger partial charge in [0.15, 0.2) is 0 Å². The summed E-state index contributed by atoms with van der Waals surface area (Å²) >= 11 is 12.1. The van der Waals surface area contributed by atoms with Crippen LogP contribution in [0.3, 0.4) is 0 Å². The van der Waals surface area contributed by atoms with Crippen molar-refractivity contribution >= 4 is 38.9 Å². The number of nitrogens with zero attached hydrogens (tertiary/aromatic N) is 2. The molecule has 1 aliphatic heterocycles. The molecule has 0 atom stereocenters. The molecule has 1 heterocycles. The van der Waals surface area contributed by atoms with Crippen molar-refractivity contribution in [2.45, 2.75) is 4.90 Å². The Morgan fingerprint density at radius 3 is 1.96 bits per heavy atom. The van der Waals surface area contributed by atoms with Crippen LogP contribution in [-0.2, 0) is 10.0 Å². The Balaban J connectivity index is 1.77. The molecular weight excluding hydrogens is 374 g/mol. The van der Waals surface area contributed by atoms with Crippen molar-refractivity contribution in [3.63, 3.8) is 0 Å². The Bertz CT molecular complexity index is 815. The van der Waals surface area contributed by atoms with Gasteiger partial charge in [0.25, 0.3) is 0 Å². The Hall–Kier alpha value is -1.34. The molecule has 0 unspecified atom stereocenters. The molecule has 0 bridgehead atoms. The smallest absolute Gasteiger partial charge is 0.246 e. The molecule has 1 aliphatic rings. The summed E-state index contributed by atoms with van der Waals surface area (Å²) in [5, 5.41) is 0.229. The van der Waals surface area contributed by atoms with Gasteiger partial charge in [-0.15, -0.1) is 0 Å². The number of sulfonamides is 1. The normalized spacial score (nSPS) is 16.4. The van der Waals surface area contributed by atoms with Crippen LogP contribution in [0, 0.1) is 5.82 Å². The van der Waals surface area contributed by atoms with E-state index < -0.39 is 10.0 Å². The first-order chi connectivity index (χ1) is 11.4. The maximum atomic E-state index is 13.0. The van der Waals surface area contributed by atoms with Crippen molar-refractivity contribution in [2.75, 3.05) is 31.1 Å². The molecule has 0 radical (unpaired) electrons. The predicted molar refractivity (Wildman–Crippen MR) is 93.8 cm³/mol. The first kappa shape index (κ1) is 17.5. The molecule has 0 N–H and O–H groups in total. The first-order valence-corrected chi connectivity index (χ1v) is 9.54. The van der Waals surface area contributed by atoms with Gasteiger partial charge in [0, 0.05) is 31.9 Å². The maximum Gasteiger partial charge on any atom is 0.246 e. The van der Waals surface area contributed by atoms with Crippen LogP contribution in [0.5, 0.6) is 0 Å². The molecule has 0 spiro atoms. The average Bonchev–Trinajstić information content (AvgIpc) is 2.55. The third-order valence-electron chi connectivity index (χ3n) is 3.95. The quantitative estimate of drug-likeness (QED) is 0.805. The number of anilines is 1. The van der Waals surface area contributed by atoms with Gasteiger partial charge in [-0.2, -0.15) is 4.31 Å². The average molecular weight is 389 g/mol. The second-order valence-corrected chi connectivity index (χ2v) is 8.11. The van der Waals surface area contributed by atoms with Crippen LogP contribution in [0.25, 0.3) is 0 Å². The van der Waals surface area contributed by atoms with Gasteiger partial charge in [-0.05, 0) is 36.4 Å². The highest BCUT2D eigenvalue weighted by atomic mass is 35.5. The van der Waals surface area contributed by atoms with Gasteiger partial charge in [0.05, 0.1) is 10.0 Å². The van der Waals surface area contributed by atoms with E-state index in [1.807, 2.05) is 4.90 Å². The molecule has 1 saturated heterocycles. The van der Waals surface area contributed by atoms with E-state index in [-0.39, 0.29) is 20.8 Å². The summed E-state index contributed by atoms with van der Waals surface area (Å²) in [7, 11) is -3.75. The highest BCUT2D eigenvalue weighted by molar-refractivity contribution is 7.89. The lowest BCUT2D eigenvalue weighted by Gasteiger charge is -2.35. The zero-order valence-corrected chi connectivity index (χ0v) is 15.0. The standard InChI is InChI=1S/C16H15Cl2FN2O2S/c17-14-2-1-3-15(18)16(14)24(22,23)21-10-8-20(9-11-21)13-6-4-12(19)5-7-13/h1-7H,8-11H2. The number of rotatable bonds is 3. The van der Waals surface area contributed by atoms with Gasteiger partial charge >= 0.3 is 0 Å². The van der Waals surface area contributed by atoms with E-state index >= 15 is 0 Å². The van der Waals surface area contributed by atoms with E-state index in [0.29, 0.717) is 26.2 Å². The molecule has 2 aromatic carbocycles. The largest absolute Gasteiger partial charge is 0.369 e.